The maximum Gasteiger partial charge on any atom is 0.308 e. The summed E-state index contributed by atoms with van der Waals surface area (Å²) in [5.74, 6) is 0.840. The zero-order valence-electron chi connectivity index (χ0n) is 11.9. The summed E-state index contributed by atoms with van der Waals surface area (Å²) in [6.07, 6.45) is 8.33. The van der Waals surface area contributed by atoms with Crippen LogP contribution in [0.15, 0.2) is 12.2 Å². The van der Waals surface area contributed by atoms with Crippen molar-refractivity contribution in [3.63, 3.8) is 0 Å². The Morgan fingerprint density at radius 1 is 1.16 bits per heavy atom. The molecule has 0 radical (unpaired) electrons. The molecule has 2 aliphatic carbocycles. The van der Waals surface area contributed by atoms with Crippen molar-refractivity contribution in [1.82, 2.24) is 0 Å². The number of ether oxygens (including phenoxy) is 1. The zero-order chi connectivity index (χ0) is 13.8. The minimum absolute atomic E-state index is 0.0607. The lowest BCUT2D eigenvalue weighted by Gasteiger charge is -2.34. The molecule has 2 aliphatic rings. The lowest BCUT2D eigenvalue weighted by molar-refractivity contribution is -0.146. The Morgan fingerprint density at radius 3 is 2.37 bits per heavy atom. The van der Waals surface area contributed by atoms with Crippen LogP contribution in [0.3, 0.4) is 0 Å². The molecular formula is C16H25NO2. The van der Waals surface area contributed by atoms with E-state index in [2.05, 4.69) is 6.58 Å². The van der Waals surface area contributed by atoms with Gasteiger partial charge in [0, 0.05) is 11.6 Å². The van der Waals surface area contributed by atoms with Gasteiger partial charge in [0.25, 0.3) is 0 Å². The number of carbonyl (C=O) groups is 1. The van der Waals surface area contributed by atoms with E-state index in [1.807, 2.05) is 0 Å². The van der Waals surface area contributed by atoms with Crippen LogP contribution in [-0.2, 0) is 9.53 Å². The van der Waals surface area contributed by atoms with E-state index >= 15 is 0 Å². The first-order valence-electron chi connectivity index (χ1n) is 7.47. The van der Waals surface area contributed by atoms with Crippen molar-refractivity contribution in [3.8, 4) is 0 Å². The highest BCUT2D eigenvalue weighted by atomic mass is 16.5. The molecule has 0 saturated heterocycles. The number of rotatable bonds is 3. The second kappa shape index (κ2) is 6.36. The Hall–Kier alpha value is -1.12. The largest absolute Gasteiger partial charge is 0.469 e. The predicted octanol–water partition coefficient (Wildman–Crippen LogP) is 3.73. The summed E-state index contributed by atoms with van der Waals surface area (Å²) >= 11 is 0. The highest BCUT2D eigenvalue weighted by Gasteiger charge is 2.32. The number of allylic oxidation sites excluding steroid dienone is 1. The fraction of sp³-hybridized carbons (Fsp3) is 0.750. The number of carbonyl (C=O) groups excluding carboxylic acids is 1. The van der Waals surface area contributed by atoms with Gasteiger partial charge in [0.05, 0.1) is 13.0 Å². The summed E-state index contributed by atoms with van der Waals surface area (Å²) in [5, 5.41) is 8.10. The van der Waals surface area contributed by atoms with E-state index in [0.29, 0.717) is 11.8 Å². The summed E-state index contributed by atoms with van der Waals surface area (Å²) in [5.41, 5.74) is 2.14. The first kappa shape index (κ1) is 14.3. The molecule has 0 aromatic rings. The van der Waals surface area contributed by atoms with Crippen LogP contribution in [0.5, 0.6) is 0 Å². The molecule has 0 aromatic carbocycles. The molecule has 19 heavy (non-hydrogen) atoms. The van der Waals surface area contributed by atoms with Gasteiger partial charge in [-0.3, -0.25) is 4.79 Å². The monoisotopic (exact) mass is 263 g/mol. The smallest absolute Gasteiger partial charge is 0.308 e. The average Bonchev–Trinajstić information content (AvgIpc) is 2.46. The minimum Gasteiger partial charge on any atom is -0.469 e. The summed E-state index contributed by atoms with van der Waals surface area (Å²) < 4.78 is 4.82. The van der Waals surface area contributed by atoms with Gasteiger partial charge < -0.3 is 10.1 Å². The van der Waals surface area contributed by atoms with Crippen LogP contribution in [-0.4, -0.2) is 18.8 Å². The Labute approximate surface area is 115 Å². The second-order valence-corrected chi connectivity index (χ2v) is 5.97. The molecule has 1 unspecified atom stereocenters. The third kappa shape index (κ3) is 3.26. The molecule has 0 aromatic heterocycles. The lowest BCUT2D eigenvalue weighted by Crippen LogP contribution is -2.28. The van der Waals surface area contributed by atoms with Gasteiger partial charge in [-0.2, -0.15) is 0 Å². The van der Waals surface area contributed by atoms with Gasteiger partial charge in [0.15, 0.2) is 0 Å². The van der Waals surface area contributed by atoms with Gasteiger partial charge in [-0.05, 0) is 50.9 Å². The van der Waals surface area contributed by atoms with Gasteiger partial charge in [-0.15, -0.1) is 0 Å². The third-order valence-electron chi connectivity index (χ3n) is 4.84. The molecule has 3 nitrogen and oxygen atoms in total. The van der Waals surface area contributed by atoms with Crippen LogP contribution >= 0.6 is 0 Å². The van der Waals surface area contributed by atoms with Gasteiger partial charge in [-0.1, -0.05) is 18.6 Å². The molecule has 2 fully saturated rings. The summed E-state index contributed by atoms with van der Waals surface area (Å²) in [6, 6.07) is 0. The zero-order valence-corrected chi connectivity index (χ0v) is 11.9. The fourth-order valence-electron chi connectivity index (χ4n) is 3.57. The molecule has 1 atom stereocenters. The molecule has 1 N–H and O–H groups in total. The number of hydrogen-bond donors (Lipinski definition) is 1. The van der Waals surface area contributed by atoms with Crippen molar-refractivity contribution in [2.75, 3.05) is 7.11 Å². The van der Waals surface area contributed by atoms with E-state index in [9.17, 15) is 4.79 Å². The number of esters is 1. The Balaban J connectivity index is 1.88. The first-order chi connectivity index (χ1) is 9.13. The molecule has 106 valence electrons. The summed E-state index contributed by atoms with van der Waals surface area (Å²) in [7, 11) is 1.47. The lowest BCUT2D eigenvalue weighted by atomic mass is 9.71. The van der Waals surface area contributed by atoms with Crippen LogP contribution < -0.4 is 0 Å². The Morgan fingerprint density at radius 2 is 1.79 bits per heavy atom. The van der Waals surface area contributed by atoms with E-state index < -0.39 is 0 Å². The normalized spacial score (nSPS) is 31.8. The van der Waals surface area contributed by atoms with Crippen LogP contribution in [0.2, 0.25) is 0 Å². The predicted molar refractivity (Wildman–Crippen MR) is 76.3 cm³/mol. The van der Waals surface area contributed by atoms with E-state index in [1.165, 1.54) is 19.1 Å². The molecular weight excluding hydrogens is 238 g/mol. The first-order valence-corrected chi connectivity index (χ1v) is 7.47. The van der Waals surface area contributed by atoms with Crippen LogP contribution in [0.4, 0.5) is 0 Å². The topological polar surface area (TPSA) is 50.2 Å². The van der Waals surface area contributed by atoms with Crippen molar-refractivity contribution < 1.29 is 9.53 Å². The van der Waals surface area contributed by atoms with E-state index in [1.54, 1.807) is 0 Å². The number of methoxy groups -OCH3 is 1. The third-order valence-corrected chi connectivity index (χ3v) is 4.84. The van der Waals surface area contributed by atoms with Crippen molar-refractivity contribution in [2.24, 2.45) is 17.8 Å². The maximum absolute atomic E-state index is 11.5. The van der Waals surface area contributed by atoms with Crippen molar-refractivity contribution in [1.29, 1.82) is 5.41 Å². The maximum atomic E-state index is 11.5. The molecule has 3 heteroatoms. The number of hydrogen-bond acceptors (Lipinski definition) is 3. The highest BCUT2D eigenvalue weighted by molar-refractivity contribution is 5.86. The average molecular weight is 263 g/mol. The highest BCUT2D eigenvalue weighted by Crippen LogP contribution is 2.39. The van der Waals surface area contributed by atoms with E-state index in [4.69, 9.17) is 10.1 Å². The molecule has 0 heterocycles. The summed E-state index contributed by atoms with van der Waals surface area (Å²) in [4.78, 5) is 11.5. The Bertz CT molecular complexity index is 367. The van der Waals surface area contributed by atoms with Crippen LogP contribution in [0.1, 0.15) is 51.4 Å². The number of nitrogens with one attached hydrogen (secondary N) is 1. The van der Waals surface area contributed by atoms with Crippen molar-refractivity contribution in [2.45, 2.75) is 51.4 Å². The summed E-state index contributed by atoms with van der Waals surface area (Å²) in [6.45, 7) is 4.29. The van der Waals surface area contributed by atoms with Gasteiger partial charge in [0.1, 0.15) is 0 Å². The van der Waals surface area contributed by atoms with E-state index in [0.717, 1.165) is 50.7 Å². The second-order valence-electron chi connectivity index (χ2n) is 5.97. The minimum atomic E-state index is -0.0607. The Kier molecular flexibility index (Phi) is 4.78. The SMILES string of the molecule is C=C(C1CCC(C(=O)OC)CC1)C1CCCCC1=N. The fourth-order valence-corrected chi connectivity index (χ4v) is 3.57. The standard InChI is InChI=1S/C16H25NO2/c1-11(14-5-3-4-6-15(14)17)12-7-9-13(10-8-12)16(18)19-2/h12-14,17H,1,3-10H2,2H3. The van der Waals surface area contributed by atoms with Gasteiger partial charge in [0.2, 0.25) is 0 Å². The molecule has 0 aliphatic heterocycles. The van der Waals surface area contributed by atoms with Crippen LogP contribution in [0, 0.1) is 23.2 Å². The van der Waals surface area contributed by atoms with E-state index in [-0.39, 0.29) is 11.9 Å². The molecule has 0 bridgehead atoms. The molecule has 0 spiro atoms. The van der Waals surface area contributed by atoms with Crippen LogP contribution in [0.25, 0.3) is 0 Å². The van der Waals surface area contributed by atoms with Crippen molar-refractivity contribution >= 4 is 11.7 Å². The van der Waals surface area contributed by atoms with Gasteiger partial charge >= 0.3 is 5.97 Å². The quantitative estimate of drug-likeness (QED) is 0.623. The van der Waals surface area contributed by atoms with Crippen molar-refractivity contribution in [3.05, 3.63) is 12.2 Å². The molecule has 2 rings (SSSR count). The van der Waals surface area contributed by atoms with Gasteiger partial charge in [-0.25, -0.2) is 0 Å². The molecule has 2 saturated carbocycles. The molecule has 0 amide bonds.